The monoisotopic (exact) mass is 337 g/mol. The zero-order valence-electron chi connectivity index (χ0n) is 14.4. The van der Waals surface area contributed by atoms with Gasteiger partial charge in [0.25, 0.3) is 0 Å². The van der Waals surface area contributed by atoms with Crippen molar-refractivity contribution in [2.75, 3.05) is 20.8 Å². The van der Waals surface area contributed by atoms with Crippen LogP contribution in [0.15, 0.2) is 48.5 Å². The zero-order chi connectivity index (χ0) is 17.8. The van der Waals surface area contributed by atoms with Crippen LogP contribution in [0.4, 0.5) is 0 Å². The molecule has 2 aromatic carbocycles. The quantitative estimate of drug-likeness (QED) is 0.656. The molecule has 0 bridgehead atoms. The lowest BCUT2D eigenvalue weighted by Crippen LogP contribution is -2.08. The number of methoxy groups -OCH3 is 2. The van der Waals surface area contributed by atoms with E-state index >= 15 is 0 Å². The Kier molecular flexibility index (Phi) is 4.84. The predicted octanol–water partition coefficient (Wildman–Crippen LogP) is 4.10. The SMILES string of the molecule is CCOC(=O)c1cc2cc(OC)c(OC)cc2c(-c2ccccc2)n1. The average molecular weight is 337 g/mol. The molecule has 0 amide bonds. The number of carbonyl (C=O) groups excluding carboxylic acids is 1. The van der Waals surface area contributed by atoms with E-state index < -0.39 is 5.97 Å². The topological polar surface area (TPSA) is 57.7 Å². The van der Waals surface area contributed by atoms with Gasteiger partial charge in [-0.25, -0.2) is 9.78 Å². The first-order chi connectivity index (χ1) is 12.2. The maximum Gasteiger partial charge on any atom is 0.356 e. The van der Waals surface area contributed by atoms with Gasteiger partial charge in [-0.05, 0) is 30.5 Å². The molecule has 0 aliphatic carbocycles. The van der Waals surface area contributed by atoms with Crippen molar-refractivity contribution in [1.82, 2.24) is 4.98 Å². The Morgan fingerprint density at radius 3 is 2.32 bits per heavy atom. The van der Waals surface area contributed by atoms with Crippen LogP contribution >= 0.6 is 0 Å². The summed E-state index contributed by atoms with van der Waals surface area (Å²) in [6.45, 7) is 2.07. The van der Waals surface area contributed by atoms with Crippen LogP contribution in [0.1, 0.15) is 17.4 Å². The number of hydrogen-bond donors (Lipinski definition) is 0. The van der Waals surface area contributed by atoms with Gasteiger partial charge in [-0.3, -0.25) is 0 Å². The fourth-order valence-corrected chi connectivity index (χ4v) is 2.71. The highest BCUT2D eigenvalue weighted by Gasteiger charge is 2.17. The number of fused-ring (bicyclic) bond motifs is 1. The summed E-state index contributed by atoms with van der Waals surface area (Å²) in [5.41, 5.74) is 1.87. The third-order valence-corrected chi connectivity index (χ3v) is 3.87. The van der Waals surface area contributed by atoms with Crippen LogP contribution in [0, 0.1) is 0 Å². The van der Waals surface area contributed by atoms with E-state index in [1.807, 2.05) is 42.5 Å². The normalized spacial score (nSPS) is 10.5. The fourth-order valence-electron chi connectivity index (χ4n) is 2.71. The van der Waals surface area contributed by atoms with Crippen molar-refractivity contribution >= 4 is 16.7 Å². The van der Waals surface area contributed by atoms with E-state index in [-0.39, 0.29) is 5.69 Å². The molecule has 5 nitrogen and oxygen atoms in total. The van der Waals surface area contributed by atoms with Gasteiger partial charge in [-0.1, -0.05) is 30.3 Å². The summed E-state index contributed by atoms with van der Waals surface area (Å²) in [4.78, 5) is 16.8. The number of esters is 1. The van der Waals surface area contributed by atoms with Crippen LogP contribution in [0.3, 0.4) is 0 Å². The second kappa shape index (κ2) is 7.21. The number of aromatic nitrogens is 1. The molecule has 0 spiro atoms. The summed E-state index contributed by atoms with van der Waals surface area (Å²) in [6.07, 6.45) is 0. The summed E-state index contributed by atoms with van der Waals surface area (Å²) in [5.74, 6) is 0.754. The van der Waals surface area contributed by atoms with Gasteiger partial charge in [0.1, 0.15) is 5.69 Å². The molecule has 0 saturated heterocycles. The fraction of sp³-hybridized carbons (Fsp3) is 0.200. The Balaban J connectivity index is 2.31. The average Bonchev–Trinajstić information content (AvgIpc) is 2.66. The molecule has 0 radical (unpaired) electrons. The van der Waals surface area contributed by atoms with Gasteiger partial charge in [0.2, 0.25) is 0 Å². The van der Waals surface area contributed by atoms with Gasteiger partial charge in [0.05, 0.1) is 26.5 Å². The van der Waals surface area contributed by atoms with Crippen molar-refractivity contribution in [3.05, 3.63) is 54.2 Å². The Labute approximate surface area is 146 Å². The van der Waals surface area contributed by atoms with Crippen molar-refractivity contribution in [2.45, 2.75) is 6.92 Å². The molecule has 0 aliphatic rings. The first-order valence-electron chi connectivity index (χ1n) is 7.97. The molecular weight excluding hydrogens is 318 g/mol. The van der Waals surface area contributed by atoms with Crippen molar-refractivity contribution in [3.63, 3.8) is 0 Å². The van der Waals surface area contributed by atoms with Crippen LogP contribution in [0.5, 0.6) is 11.5 Å². The van der Waals surface area contributed by atoms with E-state index in [0.717, 1.165) is 16.3 Å². The number of benzene rings is 2. The van der Waals surface area contributed by atoms with Gasteiger partial charge >= 0.3 is 5.97 Å². The van der Waals surface area contributed by atoms with Gasteiger partial charge < -0.3 is 14.2 Å². The highest BCUT2D eigenvalue weighted by atomic mass is 16.5. The molecule has 3 rings (SSSR count). The first kappa shape index (κ1) is 16.8. The minimum Gasteiger partial charge on any atom is -0.493 e. The van der Waals surface area contributed by atoms with Gasteiger partial charge in [-0.15, -0.1) is 0 Å². The maximum absolute atomic E-state index is 12.2. The molecule has 3 aromatic rings. The van der Waals surface area contributed by atoms with Crippen molar-refractivity contribution in [3.8, 4) is 22.8 Å². The molecule has 0 N–H and O–H groups in total. The van der Waals surface area contributed by atoms with Crippen LogP contribution < -0.4 is 9.47 Å². The molecule has 0 saturated carbocycles. The summed E-state index contributed by atoms with van der Waals surface area (Å²) in [6, 6.07) is 15.1. The van der Waals surface area contributed by atoms with E-state index in [0.29, 0.717) is 23.8 Å². The molecule has 25 heavy (non-hydrogen) atoms. The smallest absolute Gasteiger partial charge is 0.356 e. The molecular formula is C20H19NO4. The lowest BCUT2D eigenvalue weighted by molar-refractivity contribution is 0.0520. The largest absolute Gasteiger partial charge is 0.493 e. The van der Waals surface area contributed by atoms with Gasteiger partial charge in [-0.2, -0.15) is 0 Å². The van der Waals surface area contributed by atoms with Crippen molar-refractivity contribution in [2.24, 2.45) is 0 Å². The Morgan fingerprint density at radius 2 is 1.68 bits per heavy atom. The Morgan fingerprint density at radius 1 is 1.00 bits per heavy atom. The number of hydrogen-bond acceptors (Lipinski definition) is 5. The lowest BCUT2D eigenvalue weighted by atomic mass is 10.0. The third-order valence-electron chi connectivity index (χ3n) is 3.87. The van der Waals surface area contributed by atoms with Crippen LogP contribution in [-0.4, -0.2) is 31.8 Å². The summed E-state index contributed by atoms with van der Waals surface area (Å²) in [7, 11) is 3.17. The minimum absolute atomic E-state index is 0.264. The van der Waals surface area contributed by atoms with E-state index in [4.69, 9.17) is 14.2 Å². The standard InChI is InChI=1S/C20H19NO4/c1-4-25-20(22)16-10-14-11-17(23-2)18(24-3)12-15(14)19(21-16)13-8-6-5-7-9-13/h5-12H,4H2,1-3H3. The molecule has 1 aromatic heterocycles. The molecule has 0 aliphatic heterocycles. The molecule has 0 unspecified atom stereocenters. The molecule has 1 heterocycles. The summed E-state index contributed by atoms with van der Waals surface area (Å²) < 4.78 is 15.9. The highest BCUT2D eigenvalue weighted by molar-refractivity contribution is 6.01. The molecule has 0 atom stereocenters. The van der Waals surface area contributed by atoms with Crippen LogP contribution in [-0.2, 0) is 4.74 Å². The van der Waals surface area contributed by atoms with E-state index in [2.05, 4.69) is 4.98 Å². The van der Waals surface area contributed by atoms with E-state index in [9.17, 15) is 4.79 Å². The second-order valence-corrected chi connectivity index (χ2v) is 5.37. The summed E-state index contributed by atoms with van der Waals surface area (Å²) >= 11 is 0. The number of nitrogens with zero attached hydrogens (tertiary/aromatic N) is 1. The van der Waals surface area contributed by atoms with Crippen LogP contribution in [0.25, 0.3) is 22.0 Å². The van der Waals surface area contributed by atoms with Crippen molar-refractivity contribution in [1.29, 1.82) is 0 Å². The first-order valence-corrected chi connectivity index (χ1v) is 7.97. The number of pyridine rings is 1. The van der Waals surface area contributed by atoms with Gasteiger partial charge in [0, 0.05) is 10.9 Å². The Bertz CT molecular complexity index is 906. The number of carbonyl (C=O) groups is 1. The molecule has 5 heteroatoms. The third kappa shape index (κ3) is 3.26. The zero-order valence-corrected chi connectivity index (χ0v) is 14.4. The van der Waals surface area contributed by atoms with E-state index in [1.54, 1.807) is 27.2 Å². The number of ether oxygens (including phenoxy) is 3. The van der Waals surface area contributed by atoms with Crippen molar-refractivity contribution < 1.29 is 19.0 Å². The summed E-state index contributed by atoms with van der Waals surface area (Å²) in [5, 5.41) is 1.70. The van der Waals surface area contributed by atoms with Gasteiger partial charge in [0.15, 0.2) is 11.5 Å². The van der Waals surface area contributed by atoms with Crippen LogP contribution in [0.2, 0.25) is 0 Å². The second-order valence-electron chi connectivity index (χ2n) is 5.37. The predicted molar refractivity (Wildman–Crippen MR) is 96.2 cm³/mol. The lowest BCUT2D eigenvalue weighted by Gasteiger charge is -2.13. The Hall–Kier alpha value is -3.08. The molecule has 0 fully saturated rings. The maximum atomic E-state index is 12.2. The highest BCUT2D eigenvalue weighted by Crippen LogP contribution is 2.36. The minimum atomic E-state index is -0.448. The van der Waals surface area contributed by atoms with E-state index in [1.165, 1.54) is 0 Å². The number of rotatable bonds is 5. The molecule has 128 valence electrons.